The van der Waals surface area contributed by atoms with E-state index in [9.17, 15) is 13.6 Å². The molecule has 5 heterocycles. The van der Waals surface area contributed by atoms with Crippen LogP contribution < -0.4 is 4.90 Å². The molecule has 0 aliphatic carbocycles. The van der Waals surface area contributed by atoms with E-state index in [1.807, 2.05) is 15.6 Å². The number of carbonyl (C=O) groups excluding carboxylic acids is 1. The smallest absolute Gasteiger partial charge is 0.257 e. The molecule has 3 saturated heterocycles. The van der Waals surface area contributed by atoms with Gasteiger partial charge in [-0.3, -0.25) is 9.69 Å². The molecule has 174 valence electrons. The molecule has 1 amide bonds. The Hall–Kier alpha value is -3.00. The van der Waals surface area contributed by atoms with Gasteiger partial charge in [0.25, 0.3) is 5.91 Å². The molecule has 2 aromatic heterocycles. The Kier molecular flexibility index (Phi) is 6.26. The van der Waals surface area contributed by atoms with E-state index < -0.39 is 11.6 Å². The van der Waals surface area contributed by atoms with Crippen LogP contribution in [0.15, 0.2) is 48.8 Å². The first-order valence-electron chi connectivity index (χ1n) is 11.8. The zero-order valence-corrected chi connectivity index (χ0v) is 18.7. The number of halogens is 2. The molecule has 0 spiro atoms. The second-order valence-corrected chi connectivity index (χ2v) is 8.99. The van der Waals surface area contributed by atoms with E-state index in [4.69, 9.17) is 0 Å². The first-order valence-corrected chi connectivity index (χ1v) is 11.8. The van der Waals surface area contributed by atoms with Crippen molar-refractivity contribution in [3.8, 4) is 0 Å². The van der Waals surface area contributed by atoms with Crippen LogP contribution in [0.3, 0.4) is 0 Å². The quantitative estimate of drug-likeness (QED) is 0.592. The number of pyridine rings is 1. The molecular weight excluding hydrogens is 424 g/mol. The summed E-state index contributed by atoms with van der Waals surface area (Å²) in [5.41, 5.74) is 2.89. The third-order valence-electron chi connectivity index (χ3n) is 6.88. The van der Waals surface area contributed by atoms with Crippen molar-refractivity contribution >= 4 is 17.1 Å². The van der Waals surface area contributed by atoms with Crippen molar-refractivity contribution in [2.45, 2.75) is 31.7 Å². The van der Waals surface area contributed by atoms with Gasteiger partial charge < -0.3 is 9.80 Å². The number of rotatable bonds is 2. The SMILES string of the molecule is Fc1ccc(F)cc1.O=C(c1cnn2ccc(N3CCCC3)cc12)N1CCN2CCCC2C1. The van der Waals surface area contributed by atoms with Crippen LogP contribution in [0.2, 0.25) is 0 Å². The van der Waals surface area contributed by atoms with Gasteiger partial charge in [-0.05, 0) is 68.6 Å². The molecule has 0 radical (unpaired) electrons. The minimum Gasteiger partial charge on any atom is -0.371 e. The minimum absolute atomic E-state index is 0.139. The Balaban J connectivity index is 0.000000243. The molecule has 0 N–H and O–H groups in total. The van der Waals surface area contributed by atoms with Crippen molar-refractivity contribution in [2.75, 3.05) is 44.2 Å². The number of carbonyl (C=O) groups is 1. The first-order chi connectivity index (χ1) is 16.1. The standard InChI is InChI=1S/C19H25N5O.C6H4F2/c25-19(23-11-10-22-8-3-4-16(22)14-23)17-13-20-24-9-5-15(12-18(17)24)21-6-1-2-7-21;7-5-1-2-6(8)4-3-5/h5,9,12-13,16H,1-4,6-8,10-11,14H2;1-4H. The lowest BCUT2D eigenvalue weighted by Gasteiger charge is -2.37. The van der Waals surface area contributed by atoms with Crippen LogP contribution in [-0.4, -0.2) is 70.6 Å². The van der Waals surface area contributed by atoms with Gasteiger partial charge in [0.2, 0.25) is 0 Å². The highest BCUT2D eigenvalue weighted by atomic mass is 19.1. The van der Waals surface area contributed by atoms with Crippen LogP contribution in [0.25, 0.3) is 5.52 Å². The third-order valence-corrected chi connectivity index (χ3v) is 6.88. The predicted octanol–water partition coefficient (Wildman–Crippen LogP) is 3.82. The van der Waals surface area contributed by atoms with Crippen LogP contribution >= 0.6 is 0 Å². The number of hydrogen-bond acceptors (Lipinski definition) is 4. The fraction of sp³-hybridized carbons (Fsp3) is 0.440. The Bertz CT molecular complexity index is 1090. The summed E-state index contributed by atoms with van der Waals surface area (Å²) in [7, 11) is 0. The van der Waals surface area contributed by atoms with E-state index in [1.165, 1.54) is 37.9 Å². The Morgan fingerprint density at radius 3 is 2.36 bits per heavy atom. The van der Waals surface area contributed by atoms with Gasteiger partial charge in [0.1, 0.15) is 11.6 Å². The van der Waals surface area contributed by atoms with E-state index in [2.05, 4.69) is 27.0 Å². The Labute approximate surface area is 192 Å². The number of amides is 1. The molecule has 33 heavy (non-hydrogen) atoms. The highest BCUT2D eigenvalue weighted by molar-refractivity contribution is 6.01. The molecule has 8 heteroatoms. The topological polar surface area (TPSA) is 44.1 Å². The maximum atomic E-state index is 13.1. The van der Waals surface area contributed by atoms with Gasteiger partial charge in [-0.1, -0.05) is 0 Å². The Morgan fingerprint density at radius 2 is 1.64 bits per heavy atom. The Morgan fingerprint density at radius 1 is 0.909 bits per heavy atom. The predicted molar refractivity (Wildman–Crippen MR) is 123 cm³/mol. The summed E-state index contributed by atoms with van der Waals surface area (Å²) in [6, 6.07) is 9.11. The molecular formula is C25H29F2N5O. The molecule has 3 aliphatic heterocycles. The average molecular weight is 454 g/mol. The zero-order chi connectivity index (χ0) is 22.8. The normalized spacial score (nSPS) is 20.6. The monoisotopic (exact) mass is 453 g/mol. The lowest BCUT2D eigenvalue weighted by molar-refractivity contribution is 0.0573. The lowest BCUT2D eigenvalue weighted by atomic mass is 10.1. The fourth-order valence-corrected chi connectivity index (χ4v) is 5.08. The number of nitrogens with zero attached hydrogens (tertiary/aromatic N) is 5. The maximum Gasteiger partial charge on any atom is 0.257 e. The number of hydrogen-bond donors (Lipinski definition) is 0. The van der Waals surface area contributed by atoms with Gasteiger partial charge >= 0.3 is 0 Å². The highest BCUT2D eigenvalue weighted by Crippen LogP contribution is 2.26. The molecule has 1 atom stereocenters. The molecule has 0 bridgehead atoms. The molecule has 1 aromatic carbocycles. The summed E-state index contributed by atoms with van der Waals surface area (Å²) in [5.74, 6) is -0.682. The first kappa shape index (κ1) is 21.8. The van der Waals surface area contributed by atoms with Crippen LogP contribution in [0.4, 0.5) is 14.5 Å². The summed E-state index contributed by atoms with van der Waals surface area (Å²) in [5, 5.41) is 4.41. The summed E-state index contributed by atoms with van der Waals surface area (Å²) in [6.07, 6.45) is 8.71. The molecule has 3 fully saturated rings. The molecule has 3 aromatic rings. The van der Waals surface area contributed by atoms with Crippen LogP contribution in [0, 0.1) is 11.6 Å². The summed E-state index contributed by atoms with van der Waals surface area (Å²) in [6.45, 7) is 6.12. The number of anilines is 1. The largest absolute Gasteiger partial charge is 0.371 e. The second-order valence-electron chi connectivity index (χ2n) is 8.99. The van der Waals surface area contributed by atoms with E-state index in [0.29, 0.717) is 6.04 Å². The van der Waals surface area contributed by atoms with Gasteiger partial charge in [0.05, 0.1) is 17.3 Å². The molecule has 6 rings (SSSR count). The van der Waals surface area contributed by atoms with Gasteiger partial charge in [0.15, 0.2) is 0 Å². The van der Waals surface area contributed by atoms with Crippen LogP contribution in [-0.2, 0) is 0 Å². The van der Waals surface area contributed by atoms with E-state index in [0.717, 1.165) is 68.1 Å². The second kappa shape index (κ2) is 9.47. The van der Waals surface area contributed by atoms with Crippen LogP contribution in [0.1, 0.15) is 36.0 Å². The van der Waals surface area contributed by atoms with Crippen molar-refractivity contribution in [3.63, 3.8) is 0 Å². The van der Waals surface area contributed by atoms with Gasteiger partial charge in [-0.25, -0.2) is 13.3 Å². The van der Waals surface area contributed by atoms with Gasteiger partial charge in [-0.15, -0.1) is 0 Å². The van der Waals surface area contributed by atoms with Gasteiger partial charge in [-0.2, -0.15) is 5.10 Å². The number of piperazine rings is 1. The summed E-state index contributed by atoms with van der Waals surface area (Å²) in [4.78, 5) is 20.1. The van der Waals surface area contributed by atoms with E-state index in [-0.39, 0.29) is 5.91 Å². The van der Waals surface area contributed by atoms with Crippen molar-refractivity contribution in [3.05, 3.63) is 66.0 Å². The number of benzene rings is 1. The van der Waals surface area contributed by atoms with Crippen molar-refractivity contribution in [2.24, 2.45) is 0 Å². The van der Waals surface area contributed by atoms with Gasteiger partial charge in [0, 0.05) is 50.6 Å². The van der Waals surface area contributed by atoms with E-state index in [1.54, 1.807) is 6.20 Å². The number of aromatic nitrogens is 2. The van der Waals surface area contributed by atoms with Crippen LogP contribution in [0.5, 0.6) is 0 Å². The summed E-state index contributed by atoms with van der Waals surface area (Å²) < 4.78 is 25.7. The molecule has 0 saturated carbocycles. The number of fused-ring (bicyclic) bond motifs is 2. The van der Waals surface area contributed by atoms with Crippen molar-refractivity contribution in [1.82, 2.24) is 19.4 Å². The minimum atomic E-state index is -0.411. The zero-order valence-electron chi connectivity index (χ0n) is 18.7. The lowest BCUT2D eigenvalue weighted by Crippen LogP contribution is -2.52. The molecule has 1 unspecified atom stereocenters. The summed E-state index contributed by atoms with van der Waals surface area (Å²) >= 11 is 0. The highest BCUT2D eigenvalue weighted by Gasteiger charge is 2.33. The average Bonchev–Trinajstić information content (AvgIpc) is 3.60. The molecule has 3 aliphatic rings. The van der Waals surface area contributed by atoms with Crippen molar-refractivity contribution < 1.29 is 13.6 Å². The maximum absolute atomic E-state index is 13.1. The molecule has 6 nitrogen and oxygen atoms in total. The van der Waals surface area contributed by atoms with Crippen molar-refractivity contribution in [1.29, 1.82) is 0 Å². The van der Waals surface area contributed by atoms with E-state index >= 15 is 0 Å². The third kappa shape index (κ3) is 4.71. The fourth-order valence-electron chi connectivity index (χ4n) is 5.08.